The molecule has 1 unspecified atom stereocenters. The molecule has 5 nitrogen and oxygen atoms in total. The van der Waals surface area contributed by atoms with Gasteiger partial charge < -0.3 is 15.3 Å². The molecule has 0 spiro atoms. The minimum Gasteiger partial charge on any atom is -0.480 e. The number of rotatable bonds is 3. The number of carboxylic acids is 1. The highest BCUT2D eigenvalue weighted by molar-refractivity contribution is 9.10. The monoisotopic (exact) mass is 314 g/mol. The van der Waals surface area contributed by atoms with Gasteiger partial charge in [-0.1, -0.05) is 15.9 Å². The van der Waals surface area contributed by atoms with Crippen molar-refractivity contribution in [2.45, 2.75) is 19.9 Å². The number of nitrogens with zero attached hydrogens (tertiary/aromatic N) is 1. The summed E-state index contributed by atoms with van der Waals surface area (Å²) in [4.78, 5) is 23.8. The van der Waals surface area contributed by atoms with E-state index in [-0.39, 0.29) is 0 Å². The maximum Gasteiger partial charge on any atom is 0.326 e. The number of carbonyl (C=O) groups is 2. The number of hydrogen-bond donors (Lipinski definition) is 2. The molecule has 0 aliphatic rings. The number of hydrogen-bond acceptors (Lipinski definition) is 2. The van der Waals surface area contributed by atoms with Crippen LogP contribution in [0.25, 0.3) is 0 Å². The van der Waals surface area contributed by atoms with Gasteiger partial charge in [-0.3, -0.25) is 0 Å². The fraction of sp³-hybridized carbons (Fsp3) is 0.333. The van der Waals surface area contributed by atoms with E-state index >= 15 is 0 Å². The Hall–Kier alpha value is -1.56. The number of halogens is 1. The Morgan fingerprint density at radius 3 is 2.56 bits per heavy atom. The number of anilines is 1. The highest BCUT2D eigenvalue weighted by Crippen LogP contribution is 2.20. The van der Waals surface area contributed by atoms with Gasteiger partial charge >= 0.3 is 12.0 Å². The van der Waals surface area contributed by atoms with Crippen molar-refractivity contribution in [3.8, 4) is 0 Å². The Bertz CT molecular complexity index is 476. The zero-order valence-corrected chi connectivity index (χ0v) is 12.0. The fourth-order valence-corrected chi connectivity index (χ4v) is 1.79. The van der Waals surface area contributed by atoms with Gasteiger partial charge in [0.05, 0.1) is 0 Å². The lowest BCUT2D eigenvalue weighted by molar-refractivity contribution is -0.141. The van der Waals surface area contributed by atoms with Crippen molar-refractivity contribution in [1.29, 1.82) is 0 Å². The molecule has 1 aromatic carbocycles. The van der Waals surface area contributed by atoms with E-state index in [0.29, 0.717) is 5.69 Å². The number of urea groups is 1. The van der Waals surface area contributed by atoms with Gasteiger partial charge in [-0.2, -0.15) is 0 Å². The molecule has 0 fully saturated rings. The third kappa shape index (κ3) is 3.46. The fourth-order valence-electron chi connectivity index (χ4n) is 1.31. The first-order chi connectivity index (χ1) is 8.32. The highest BCUT2D eigenvalue weighted by atomic mass is 79.9. The number of amides is 2. The van der Waals surface area contributed by atoms with Crippen LogP contribution in [0, 0.1) is 6.92 Å². The summed E-state index contributed by atoms with van der Waals surface area (Å²) in [6, 6.07) is 4.12. The van der Waals surface area contributed by atoms with Crippen molar-refractivity contribution in [2.24, 2.45) is 0 Å². The molecule has 2 amide bonds. The lowest BCUT2D eigenvalue weighted by Gasteiger charge is -2.22. The molecule has 1 atom stereocenters. The van der Waals surface area contributed by atoms with Crippen LogP contribution in [0.3, 0.4) is 0 Å². The van der Waals surface area contributed by atoms with Gasteiger partial charge in [-0.25, -0.2) is 9.59 Å². The molecule has 18 heavy (non-hydrogen) atoms. The molecule has 0 aliphatic carbocycles. The average molecular weight is 315 g/mol. The molecule has 1 rings (SSSR count). The van der Waals surface area contributed by atoms with Crippen LogP contribution in [-0.4, -0.2) is 35.1 Å². The van der Waals surface area contributed by atoms with Gasteiger partial charge in [-0.15, -0.1) is 0 Å². The highest BCUT2D eigenvalue weighted by Gasteiger charge is 2.21. The molecule has 0 saturated heterocycles. The summed E-state index contributed by atoms with van der Waals surface area (Å²) in [6.45, 7) is 3.32. The van der Waals surface area contributed by atoms with Gasteiger partial charge in [0.25, 0.3) is 0 Å². The maximum atomic E-state index is 11.8. The number of benzene rings is 1. The molecule has 0 heterocycles. The van der Waals surface area contributed by atoms with Crippen LogP contribution in [0.2, 0.25) is 0 Å². The maximum absolute atomic E-state index is 11.8. The van der Waals surface area contributed by atoms with Gasteiger partial charge in [-0.05, 0) is 37.6 Å². The van der Waals surface area contributed by atoms with Crippen molar-refractivity contribution in [2.75, 3.05) is 12.4 Å². The Morgan fingerprint density at radius 1 is 1.44 bits per heavy atom. The summed E-state index contributed by atoms with van der Waals surface area (Å²) in [6.07, 6.45) is 0. The minimum atomic E-state index is -1.04. The summed E-state index contributed by atoms with van der Waals surface area (Å²) in [5, 5.41) is 11.5. The van der Waals surface area contributed by atoms with Crippen molar-refractivity contribution in [3.05, 3.63) is 28.2 Å². The quantitative estimate of drug-likeness (QED) is 0.901. The van der Waals surface area contributed by atoms with Gasteiger partial charge in [0, 0.05) is 17.2 Å². The van der Waals surface area contributed by atoms with E-state index < -0.39 is 18.0 Å². The molecule has 6 heteroatoms. The second-order valence-corrected chi connectivity index (χ2v) is 4.93. The molecule has 2 N–H and O–H groups in total. The van der Waals surface area contributed by atoms with E-state index in [1.165, 1.54) is 14.0 Å². The van der Waals surface area contributed by atoms with Crippen LogP contribution < -0.4 is 5.32 Å². The first-order valence-corrected chi connectivity index (χ1v) is 6.15. The van der Waals surface area contributed by atoms with Gasteiger partial charge in [0.2, 0.25) is 0 Å². The van der Waals surface area contributed by atoms with Crippen LogP contribution >= 0.6 is 15.9 Å². The first-order valence-electron chi connectivity index (χ1n) is 5.35. The lowest BCUT2D eigenvalue weighted by atomic mass is 10.2. The van der Waals surface area contributed by atoms with E-state index in [1.54, 1.807) is 6.07 Å². The van der Waals surface area contributed by atoms with E-state index in [0.717, 1.165) is 14.9 Å². The minimum absolute atomic E-state index is 0.449. The number of carboxylic acid groups (broad SMARTS) is 1. The molecule has 0 radical (unpaired) electrons. The van der Waals surface area contributed by atoms with E-state index in [2.05, 4.69) is 21.2 Å². The normalized spacial score (nSPS) is 11.8. The molecular formula is C12H15BrN2O3. The zero-order chi connectivity index (χ0) is 13.9. The Kier molecular flexibility index (Phi) is 4.72. The van der Waals surface area contributed by atoms with E-state index in [4.69, 9.17) is 5.11 Å². The third-order valence-electron chi connectivity index (χ3n) is 2.69. The molecule has 98 valence electrons. The van der Waals surface area contributed by atoms with E-state index in [9.17, 15) is 9.59 Å². The number of likely N-dealkylation sites (N-methyl/N-ethyl adjacent to an activating group) is 1. The number of nitrogens with one attached hydrogen (secondary N) is 1. The summed E-state index contributed by atoms with van der Waals surface area (Å²) in [5.74, 6) is -1.04. The second kappa shape index (κ2) is 5.86. The number of aliphatic carboxylic acids is 1. The Morgan fingerprint density at radius 2 is 2.06 bits per heavy atom. The summed E-state index contributed by atoms with van der Waals surface area (Å²) in [7, 11) is 1.45. The van der Waals surface area contributed by atoms with Crippen molar-refractivity contribution in [1.82, 2.24) is 4.90 Å². The van der Waals surface area contributed by atoms with Gasteiger partial charge in [0.15, 0.2) is 0 Å². The number of carbonyl (C=O) groups excluding carboxylic acids is 1. The molecule has 0 bridgehead atoms. The second-order valence-electron chi connectivity index (χ2n) is 4.01. The predicted octanol–water partition coefficient (Wildman–Crippen LogP) is 2.69. The van der Waals surface area contributed by atoms with Gasteiger partial charge in [0.1, 0.15) is 6.04 Å². The summed E-state index contributed by atoms with van der Waals surface area (Å²) in [5.41, 5.74) is 1.56. The largest absolute Gasteiger partial charge is 0.480 e. The average Bonchev–Trinajstić information content (AvgIpc) is 2.30. The molecule has 1 aromatic rings. The lowest BCUT2D eigenvalue weighted by Crippen LogP contribution is -2.42. The van der Waals surface area contributed by atoms with Crippen LogP contribution in [-0.2, 0) is 4.79 Å². The van der Waals surface area contributed by atoms with Crippen LogP contribution in [0.15, 0.2) is 22.7 Å². The third-order valence-corrected chi connectivity index (χ3v) is 3.18. The van der Waals surface area contributed by atoms with Crippen LogP contribution in [0.4, 0.5) is 10.5 Å². The zero-order valence-electron chi connectivity index (χ0n) is 10.4. The van der Waals surface area contributed by atoms with E-state index in [1.807, 2.05) is 19.1 Å². The van der Waals surface area contributed by atoms with Crippen LogP contribution in [0.5, 0.6) is 0 Å². The van der Waals surface area contributed by atoms with Crippen LogP contribution in [0.1, 0.15) is 12.5 Å². The molecule has 0 aliphatic heterocycles. The Labute approximate surface area is 114 Å². The molecule has 0 saturated carbocycles. The topological polar surface area (TPSA) is 69.6 Å². The van der Waals surface area contributed by atoms with Crippen molar-refractivity contribution < 1.29 is 14.7 Å². The summed E-state index contributed by atoms with van der Waals surface area (Å²) < 4.78 is 0.922. The SMILES string of the molecule is Cc1cc(Br)ccc1NC(=O)N(C)C(C)C(=O)O. The summed E-state index contributed by atoms with van der Waals surface area (Å²) >= 11 is 3.33. The van der Waals surface area contributed by atoms with Crippen molar-refractivity contribution in [3.63, 3.8) is 0 Å². The molecule has 0 aromatic heterocycles. The van der Waals surface area contributed by atoms with Crippen molar-refractivity contribution >= 4 is 33.6 Å². The number of aryl methyl sites for hydroxylation is 1. The first kappa shape index (κ1) is 14.5. The molecular weight excluding hydrogens is 300 g/mol. The predicted molar refractivity (Wildman–Crippen MR) is 72.8 cm³/mol. The Balaban J connectivity index is 2.78. The smallest absolute Gasteiger partial charge is 0.326 e. The standard InChI is InChI=1S/C12H15BrN2O3/c1-7-6-9(13)4-5-10(7)14-12(18)15(3)8(2)11(16)17/h4-6,8H,1-3H3,(H,14,18)(H,16,17).